The Morgan fingerprint density at radius 1 is 0.964 bits per heavy atom. The van der Waals surface area contributed by atoms with Crippen LogP contribution in [0.25, 0.3) is 0 Å². The quantitative estimate of drug-likeness (QED) is 0.616. The summed E-state index contributed by atoms with van der Waals surface area (Å²) in [6, 6.07) is 12.3. The minimum Gasteiger partial charge on any atom is -0.466 e. The number of furan rings is 1. The lowest BCUT2D eigenvalue weighted by atomic mass is 10.1. The highest BCUT2D eigenvalue weighted by Crippen LogP contribution is 2.24. The molecule has 0 radical (unpaired) electrons. The molecular weight excluding hydrogens is 400 g/mol. The van der Waals surface area contributed by atoms with Crippen LogP contribution in [0.1, 0.15) is 27.4 Å². The molecule has 0 unspecified atom stereocenters. The molecule has 0 saturated heterocycles. The maximum atomic E-state index is 12.6. The molecule has 6 nitrogen and oxygen atoms in total. The number of hydrogen-bond acceptors (Lipinski definition) is 4. The van der Waals surface area contributed by atoms with Gasteiger partial charge in [0.05, 0.1) is 10.5 Å². The second-order valence-electron chi connectivity index (χ2n) is 6.31. The van der Waals surface area contributed by atoms with Crippen LogP contribution in [0.4, 0.5) is 11.4 Å². The Balaban J connectivity index is 1.83. The molecule has 1 amide bonds. The van der Waals surface area contributed by atoms with Crippen molar-refractivity contribution < 1.29 is 17.6 Å². The van der Waals surface area contributed by atoms with Crippen LogP contribution >= 0.6 is 11.6 Å². The molecule has 0 bridgehead atoms. The largest absolute Gasteiger partial charge is 0.466 e. The third-order valence-corrected chi connectivity index (χ3v) is 5.92. The summed E-state index contributed by atoms with van der Waals surface area (Å²) in [4.78, 5) is 12.6. The minimum atomic E-state index is -3.82. The number of carbonyl (C=O) groups excluding carboxylic acids is 1. The van der Waals surface area contributed by atoms with Crippen LogP contribution in [0.2, 0.25) is 5.02 Å². The summed E-state index contributed by atoms with van der Waals surface area (Å²) in [6.07, 6.45) is 0. The number of anilines is 2. The summed E-state index contributed by atoms with van der Waals surface area (Å²) in [6.45, 7) is 5.30. The van der Waals surface area contributed by atoms with E-state index in [1.54, 1.807) is 57.2 Å². The van der Waals surface area contributed by atoms with E-state index in [2.05, 4.69) is 10.0 Å². The van der Waals surface area contributed by atoms with Crippen LogP contribution in [-0.2, 0) is 10.0 Å². The Bertz CT molecular complexity index is 1140. The number of sulfonamides is 1. The maximum Gasteiger partial charge on any atom is 0.261 e. The van der Waals surface area contributed by atoms with Gasteiger partial charge in [0.2, 0.25) is 0 Å². The van der Waals surface area contributed by atoms with Crippen molar-refractivity contribution in [3.8, 4) is 0 Å². The molecule has 3 aromatic rings. The molecular formula is C20H19ClN2O4S. The van der Waals surface area contributed by atoms with Crippen LogP contribution in [-0.4, -0.2) is 14.3 Å². The Kier molecular flexibility index (Phi) is 5.49. The standard InChI is InChI=1S/C20H19ClN2O4S/c1-12-13(2)27-14(3)19(12)20(24)22-17-5-4-6-18(11-17)28(25,26)23-16-9-7-15(21)8-10-16/h4-11,23H,1-3H3,(H,22,24). The molecule has 1 heterocycles. The van der Waals surface area contributed by atoms with Gasteiger partial charge in [-0.25, -0.2) is 8.42 Å². The van der Waals surface area contributed by atoms with Gasteiger partial charge < -0.3 is 9.73 Å². The fourth-order valence-electron chi connectivity index (χ4n) is 2.79. The summed E-state index contributed by atoms with van der Waals surface area (Å²) in [5.74, 6) is 0.832. The summed E-state index contributed by atoms with van der Waals surface area (Å²) < 4.78 is 33.2. The topological polar surface area (TPSA) is 88.4 Å². The highest BCUT2D eigenvalue weighted by atomic mass is 35.5. The highest BCUT2D eigenvalue weighted by Gasteiger charge is 2.20. The molecule has 0 fully saturated rings. The summed E-state index contributed by atoms with van der Waals surface area (Å²) in [7, 11) is -3.82. The van der Waals surface area contributed by atoms with E-state index in [0.717, 1.165) is 5.56 Å². The Morgan fingerprint density at radius 3 is 2.25 bits per heavy atom. The number of rotatable bonds is 5. The summed E-state index contributed by atoms with van der Waals surface area (Å²) >= 11 is 5.82. The maximum absolute atomic E-state index is 12.6. The van der Waals surface area contributed by atoms with Crippen molar-refractivity contribution in [2.24, 2.45) is 0 Å². The lowest BCUT2D eigenvalue weighted by Gasteiger charge is -2.10. The molecule has 0 aliphatic carbocycles. The second kappa shape index (κ2) is 7.69. The van der Waals surface area contributed by atoms with E-state index in [-0.39, 0.29) is 10.8 Å². The predicted molar refractivity (Wildman–Crippen MR) is 110 cm³/mol. The van der Waals surface area contributed by atoms with Crippen molar-refractivity contribution in [2.45, 2.75) is 25.7 Å². The van der Waals surface area contributed by atoms with Crippen molar-refractivity contribution in [1.29, 1.82) is 0 Å². The molecule has 0 spiro atoms. The van der Waals surface area contributed by atoms with Crippen LogP contribution in [0, 0.1) is 20.8 Å². The number of nitrogens with one attached hydrogen (secondary N) is 2. The van der Waals surface area contributed by atoms with E-state index < -0.39 is 10.0 Å². The van der Waals surface area contributed by atoms with Gasteiger partial charge in [-0.3, -0.25) is 9.52 Å². The van der Waals surface area contributed by atoms with Crippen molar-refractivity contribution in [1.82, 2.24) is 0 Å². The van der Waals surface area contributed by atoms with E-state index >= 15 is 0 Å². The van der Waals surface area contributed by atoms with Gasteiger partial charge in [-0.05, 0) is 63.2 Å². The normalized spacial score (nSPS) is 11.3. The van der Waals surface area contributed by atoms with Gasteiger partial charge in [0.15, 0.2) is 0 Å². The molecule has 1 aromatic heterocycles. The van der Waals surface area contributed by atoms with Crippen LogP contribution < -0.4 is 10.0 Å². The molecule has 2 aromatic carbocycles. The average Bonchev–Trinajstić information content (AvgIpc) is 2.89. The molecule has 146 valence electrons. The van der Waals surface area contributed by atoms with E-state index in [1.165, 1.54) is 12.1 Å². The monoisotopic (exact) mass is 418 g/mol. The lowest BCUT2D eigenvalue weighted by Crippen LogP contribution is -2.16. The summed E-state index contributed by atoms with van der Waals surface area (Å²) in [5, 5.41) is 3.24. The van der Waals surface area contributed by atoms with Crippen LogP contribution in [0.15, 0.2) is 57.8 Å². The lowest BCUT2D eigenvalue weighted by molar-refractivity contribution is 0.102. The van der Waals surface area contributed by atoms with Crippen molar-refractivity contribution >= 4 is 38.9 Å². The smallest absolute Gasteiger partial charge is 0.261 e. The third-order valence-electron chi connectivity index (χ3n) is 4.29. The van der Waals surface area contributed by atoms with Gasteiger partial charge in [-0.1, -0.05) is 17.7 Å². The minimum absolute atomic E-state index is 0.0251. The average molecular weight is 419 g/mol. The van der Waals surface area contributed by atoms with E-state index in [0.29, 0.717) is 33.5 Å². The number of benzene rings is 2. The molecule has 3 rings (SSSR count). The Hall–Kier alpha value is -2.77. The first-order chi connectivity index (χ1) is 13.2. The number of halogens is 1. The third kappa shape index (κ3) is 4.21. The molecule has 0 saturated carbocycles. The molecule has 0 atom stereocenters. The first-order valence-corrected chi connectivity index (χ1v) is 10.3. The Morgan fingerprint density at radius 2 is 1.64 bits per heavy atom. The van der Waals surface area contributed by atoms with Gasteiger partial charge in [0.1, 0.15) is 11.5 Å². The summed E-state index contributed by atoms with van der Waals surface area (Å²) in [5.41, 5.74) is 1.95. The fourth-order valence-corrected chi connectivity index (χ4v) is 4.02. The zero-order valence-corrected chi connectivity index (χ0v) is 17.1. The van der Waals surface area contributed by atoms with Gasteiger partial charge in [0, 0.05) is 22.0 Å². The number of aryl methyl sites for hydroxylation is 2. The van der Waals surface area contributed by atoms with Crippen molar-refractivity contribution in [3.63, 3.8) is 0 Å². The van der Waals surface area contributed by atoms with Gasteiger partial charge in [0.25, 0.3) is 15.9 Å². The molecule has 28 heavy (non-hydrogen) atoms. The zero-order chi connectivity index (χ0) is 20.5. The number of hydrogen-bond donors (Lipinski definition) is 2. The number of amides is 1. The van der Waals surface area contributed by atoms with Crippen LogP contribution in [0.3, 0.4) is 0 Å². The van der Waals surface area contributed by atoms with Crippen molar-refractivity contribution in [3.05, 3.63) is 76.2 Å². The fraction of sp³-hybridized carbons (Fsp3) is 0.150. The SMILES string of the molecule is Cc1oc(C)c(C(=O)Nc2cccc(S(=O)(=O)Nc3ccc(Cl)cc3)c2)c1C. The van der Waals surface area contributed by atoms with E-state index in [1.807, 2.05) is 0 Å². The molecule has 8 heteroatoms. The van der Waals surface area contributed by atoms with Gasteiger partial charge in [-0.15, -0.1) is 0 Å². The molecule has 2 N–H and O–H groups in total. The Labute approximate surface area is 168 Å². The highest BCUT2D eigenvalue weighted by molar-refractivity contribution is 7.92. The van der Waals surface area contributed by atoms with Gasteiger partial charge in [-0.2, -0.15) is 0 Å². The molecule has 0 aliphatic rings. The van der Waals surface area contributed by atoms with Gasteiger partial charge >= 0.3 is 0 Å². The molecule has 0 aliphatic heterocycles. The first-order valence-electron chi connectivity index (χ1n) is 8.44. The number of carbonyl (C=O) groups is 1. The van der Waals surface area contributed by atoms with E-state index in [4.69, 9.17) is 16.0 Å². The predicted octanol–water partition coefficient (Wildman–Crippen LogP) is 4.91. The van der Waals surface area contributed by atoms with Crippen LogP contribution in [0.5, 0.6) is 0 Å². The zero-order valence-electron chi connectivity index (χ0n) is 15.5. The van der Waals surface area contributed by atoms with E-state index in [9.17, 15) is 13.2 Å². The second-order valence-corrected chi connectivity index (χ2v) is 8.43. The van der Waals surface area contributed by atoms with Crippen molar-refractivity contribution in [2.75, 3.05) is 10.0 Å². The first kappa shape index (κ1) is 20.0.